The summed E-state index contributed by atoms with van der Waals surface area (Å²) >= 11 is 4.94. The highest BCUT2D eigenvalue weighted by Crippen LogP contribution is 2.30. The van der Waals surface area contributed by atoms with Gasteiger partial charge in [-0.1, -0.05) is 39.8 Å². The van der Waals surface area contributed by atoms with Crippen LogP contribution >= 0.6 is 27.7 Å². The van der Waals surface area contributed by atoms with Gasteiger partial charge in [-0.25, -0.2) is 4.98 Å². The van der Waals surface area contributed by atoms with Gasteiger partial charge in [-0.3, -0.25) is 4.57 Å². The molecule has 0 aliphatic carbocycles. The number of ether oxygens (including phenoxy) is 1. The number of halogens is 3. The van der Waals surface area contributed by atoms with Crippen molar-refractivity contribution < 1.29 is 13.5 Å². The third-order valence-corrected chi connectivity index (χ3v) is 4.55. The first-order valence-corrected chi connectivity index (χ1v) is 9.03. The Morgan fingerprint density at radius 2 is 1.75 bits per heavy atom. The second-order valence-corrected chi connectivity index (χ2v) is 6.53. The number of nitrogens with zero attached hydrogens (tertiary/aromatic N) is 2. The monoisotopic (exact) mass is 410 g/mol. The Hall–Kier alpha value is -1.86. The summed E-state index contributed by atoms with van der Waals surface area (Å²) in [6.07, 6.45) is 3.75. The van der Waals surface area contributed by atoms with Gasteiger partial charge in [0.15, 0.2) is 5.16 Å². The molecule has 0 amide bonds. The normalized spacial score (nSPS) is 11.0. The maximum Gasteiger partial charge on any atom is 0.387 e. The van der Waals surface area contributed by atoms with Crippen molar-refractivity contribution in [2.24, 2.45) is 0 Å². The molecule has 0 saturated carbocycles. The molecule has 0 N–H and O–H groups in total. The molecule has 0 atom stereocenters. The van der Waals surface area contributed by atoms with E-state index < -0.39 is 6.61 Å². The molecule has 0 bridgehead atoms. The summed E-state index contributed by atoms with van der Waals surface area (Å²) < 4.78 is 32.0. The number of rotatable bonds is 5. The van der Waals surface area contributed by atoms with E-state index in [-0.39, 0.29) is 5.75 Å². The largest absolute Gasteiger partial charge is 0.435 e. The van der Waals surface area contributed by atoms with E-state index in [1.807, 2.05) is 35.1 Å². The Morgan fingerprint density at radius 1 is 1.08 bits per heavy atom. The molecule has 3 nitrogen and oxygen atoms in total. The number of benzene rings is 2. The van der Waals surface area contributed by atoms with Crippen molar-refractivity contribution in [1.29, 1.82) is 0 Å². The number of imidazole rings is 1. The molecule has 3 rings (SSSR count). The lowest BCUT2D eigenvalue weighted by atomic mass is 10.1. The molecule has 3 aromatic rings. The van der Waals surface area contributed by atoms with Crippen LogP contribution in [0, 0.1) is 0 Å². The molecule has 0 radical (unpaired) electrons. The van der Waals surface area contributed by atoms with E-state index >= 15 is 0 Å². The van der Waals surface area contributed by atoms with Gasteiger partial charge in [0.1, 0.15) is 5.75 Å². The second kappa shape index (κ2) is 7.36. The molecule has 124 valence electrons. The number of hydrogen-bond donors (Lipinski definition) is 0. The Morgan fingerprint density at radius 3 is 2.33 bits per heavy atom. The van der Waals surface area contributed by atoms with E-state index in [2.05, 4.69) is 25.7 Å². The first-order chi connectivity index (χ1) is 11.6. The predicted molar refractivity (Wildman–Crippen MR) is 95.1 cm³/mol. The molecular formula is C17H13BrF2N2OS. The fourth-order valence-electron chi connectivity index (χ4n) is 2.33. The molecule has 7 heteroatoms. The Labute approximate surface area is 150 Å². The zero-order valence-corrected chi connectivity index (χ0v) is 15.0. The number of alkyl halides is 2. The fraction of sp³-hybridized carbons (Fsp3) is 0.118. The van der Waals surface area contributed by atoms with Crippen molar-refractivity contribution in [3.05, 3.63) is 59.2 Å². The Bertz CT molecular complexity index is 820. The predicted octanol–water partition coefficient (Wildman–Crippen LogP) is 5.63. The van der Waals surface area contributed by atoms with Crippen LogP contribution in [0.4, 0.5) is 8.78 Å². The summed E-state index contributed by atoms with van der Waals surface area (Å²) in [6.45, 7) is -2.83. The maximum atomic E-state index is 12.3. The Kier molecular flexibility index (Phi) is 5.20. The molecule has 0 fully saturated rings. The van der Waals surface area contributed by atoms with Crippen LogP contribution in [0.3, 0.4) is 0 Å². The lowest BCUT2D eigenvalue weighted by molar-refractivity contribution is -0.0498. The smallest absolute Gasteiger partial charge is 0.387 e. The minimum atomic E-state index is -2.83. The molecule has 0 spiro atoms. The van der Waals surface area contributed by atoms with Crippen molar-refractivity contribution in [2.45, 2.75) is 11.8 Å². The van der Waals surface area contributed by atoms with E-state index in [4.69, 9.17) is 0 Å². The molecule has 24 heavy (non-hydrogen) atoms. The van der Waals surface area contributed by atoms with Gasteiger partial charge in [0.2, 0.25) is 0 Å². The number of aromatic nitrogens is 2. The first-order valence-electron chi connectivity index (χ1n) is 7.01. The van der Waals surface area contributed by atoms with Crippen molar-refractivity contribution in [2.75, 3.05) is 6.26 Å². The van der Waals surface area contributed by atoms with Gasteiger partial charge in [0.25, 0.3) is 0 Å². The molecule has 1 heterocycles. The standard InChI is InChI=1S/C17H13BrF2N2OS/c1-24-17-21-10-15(11-2-4-12(18)5-3-11)22(17)13-6-8-14(9-7-13)23-16(19)20/h2-10,16H,1H3. The number of hydrogen-bond acceptors (Lipinski definition) is 3. The highest BCUT2D eigenvalue weighted by Gasteiger charge is 2.13. The summed E-state index contributed by atoms with van der Waals surface area (Å²) in [5.41, 5.74) is 2.77. The molecule has 0 saturated heterocycles. The van der Waals surface area contributed by atoms with Crippen LogP contribution in [-0.4, -0.2) is 22.4 Å². The van der Waals surface area contributed by atoms with Crippen LogP contribution in [0.25, 0.3) is 16.9 Å². The highest BCUT2D eigenvalue weighted by atomic mass is 79.9. The number of thioether (sulfide) groups is 1. The van der Waals surface area contributed by atoms with Gasteiger partial charge < -0.3 is 4.74 Å². The third kappa shape index (κ3) is 3.62. The van der Waals surface area contributed by atoms with Gasteiger partial charge in [-0.05, 0) is 42.7 Å². The van der Waals surface area contributed by atoms with Crippen LogP contribution in [0.1, 0.15) is 0 Å². The van der Waals surface area contributed by atoms with Crippen molar-refractivity contribution >= 4 is 27.7 Å². The van der Waals surface area contributed by atoms with Crippen LogP contribution in [0.5, 0.6) is 5.75 Å². The molecule has 0 unspecified atom stereocenters. The lowest BCUT2D eigenvalue weighted by Gasteiger charge is -2.12. The molecule has 0 aliphatic heterocycles. The molecule has 0 aliphatic rings. The van der Waals surface area contributed by atoms with Crippen LogP contribution in [-0.2, 0) is 0 Å². The summed E-state index contributed by atoms with van der Waals surface area (Å²) in [6, 6.07) is 14.4. The van der Waals surface area contributed by atoms with Gasteiger partial charge in [-0.2, -0.15) is 8.78 Å². The van der Waals surface area contributed by atoms with Crippen LogP contribution in [0.2, 0.25) is 0 Å². The summed E-state index contributed by atoms with van der Waals surface area (Å²) in [7, 11) is 0. The quantitative estimate of drug-likeness (QED) is 0.510. The second-order valence-electron chi connectivity index (χ2n) is 4.84. The summed E-state index contributed by atoms with van der Waals surface area (Å²) in [5.74, 6) is 0.129. The zero-order chi connectivity index (χ0) is 17.1. The first kappa shape index (κ1) is 17.0. The van der Waals surface area contributed by atoms with Gasteiger partial charge in [0, 0.05) is 15.7 Å². The summed E-state index contributed by atoms with van der Waals surface area (Å²) in [5, 5.41) is 0.815. The minimum Gasteiger partial charge on any atom is -0.435 e. The zero-order valence-electron chi connectivity index (χ0n) is 12.6. The Balaban J connectivity index is 2.03. The average molecular weight is 411 g/mol. The van der Waals surface area contributed by atoms with Gasteiger partial charge >= 0.3 is 6.61 Å². The topological polar surface area (TPSA) is 27.1 Å². The lowest BCUT2D eigenvalue weighted by Crippen LogP contribution is -2.03. The van der Waals surface area contributed by atoms with Crippen molar-refractivity contribution in [3.8, 4) is 22.7 Å². The third-order valence-electron chi connectivity index (χ3n) is 3.37. The maximum absolute atomic E-state index is 12.3. The molecule has 2 aromatic carbocycles. The van der Waals surface area contributed by atoms with Crippen LogP contribution in [0.15, 0.2) is 64.4 Å². The van der Waals surface area contributed by atoms with Gasteiger partial charge in [-0.15, -0.1) is 0 Å². The van der Waals surface area contributed by atoms with Crippen molar-refractivity contribution in [1.82, 2.24) is 9.55 Å². The van der Waals surface area contributed by atoms with E-state index in [0.29, 0.717) is 0 Å². The molecular weight excluding hydrogens is 398 g/mol. The molecule has 1 aromatic heterocycles. The van der Waals surface area contributed by atoms with Crippen LogP contribution < -0.4 is 4.74 Å². The fourth-order valence-corrected chi connectivity index (χ4v) is 3.14. The minimum absolute atomic E-state index is 0.129. The average Bonchev–Trinajstić information content (AvgIpc) is 3.00. The van der Waals surface area contributed by atoms with E-state index in [9.17, 15) is 8.78 Å². The van der Waals surface area contributed by atoms with Crippen molar-refractivity contribution in [3.63, 3.8) is 0 Å². The van der Waals surface area contributed by atoms with E-state index in [1.54, 1.807) is 18.3 Å². The van der Waals surface area contributed by atoms with E-state index in [0.717, 1.165) is 26.6 Å². The highest BCUT2D eigenvalue weighted by molar-refractivity contribution is 9.10. The SMILES string of the molecule is CSc1ncc(-c2ccc(Br)cc2)n1-c1ccc(OC(F)F)cc1. The van der Waals surface area contributed by atoms with E-state index in [1.165, 1.54) is 23.9 Å². The van der Waals surface area contributed by atoms with Gasteiger partial charge in [0.05, 0.1) is 11.9 Å². The summed E-state index contributed by atoms with van der Waals surface area (Å²) in [4.78, 5) is 4.44.